The molecule has 2 amide bonds. The van der Waals surface area contributed by atoms with E-state index < -0.39 is 0 Å². The molecule has 1 saturated carbocycles. The first-order valence-electron chi connectivity index (χ1n) is 8.28. The van der Waals surface area contributed by atoms with Crippen LogP contribution in [0.4, 0.5) is 14.9 Å². The second kappa shape index (κ2) is 7.09. The Hall–Kier alpha value is -1.62. The topological polar surface area (TPSA) is 35.6 Å². The number of amides is 2. The molecule has 5 heteroatoms. The van der Waals surface area contributed by atoms with Crippen LogP contribution in [0.5, 0.6) is 0 Å². The molecule has 4 nitrogen and oxygen atoms in total. The maximum absolute atomic E-state index is 12.9. The summed E-state index contributed by atoms with van der Waals surface area (Å²) in [7, 11) is 0. The van der Waals surface area contributed by atoms with E-state index in [0.717, 1.165) is 32.2 Å². The Morgan fingerprint density at radius 2 is 1.64 bits per heavy atom. The van der Waals surface area contributed by atoms with Crippen molar-refractivity contribution in [1.82, 2.24) is 9.80 Å². The van der Waals surface area contributed by atoms with E-state index in [4.69, 9.17) is 0 Å². The zero-order valence-electron chi connectivity index (χ0n) is 12.9. The number of rotatable bonds is 2. The van der Waals surface area contributed by atoms with Crippen LogP contribution < -0.4 is 5.32 Å². The Morgan fingerprint density at radius 3 is 2.27 bits per heavy atom. The van der Waals surface area contributed by atoms with Crippen LogP contribution in [-0.2, 0) is 0 Å². The third-order valence-corrected chi connectivity index (χ3v) is 4.79. The van der Waals surface area contributed by atoms with Gasteiger partial charge in [0.1, 0.15) is 5.82 Å². The molecule has 1 aliphatic carbocycles. The third kappa shape index (κ3) is 3.77. The molecule has 1 N–H and O–H groups in total. The molecular weight excluding hydrogens is 281 g/mol. The number of benzene rings is 1. The molecule has 120 valence electrons. The maximum atomic E-state index is 12.9. The normalized spacial score (nSPS) is 20.9. The fraction of sp³-hybridized carbons (Fsp3) is 0.588. The van der Waals surface area contributed by atoms with Crippen molar-refractivity contribution in [1.29, 1.82) is 0 Å². The summed E-state index contributed by atoms with van der Waals surface area (Å²) in [6.45, 7) is 3.45. The second-order valence-electron chi connectivity index (χ2n) is 6.25. The van der Waals surface area contributed by atoms with Crippen molar-refractivity contribution in [3.05, 3.63) is 30.1 Å². The monoisotopic (exact) mass is 305 g/mol. The van der Waals surface area contributed by atoms with Gasteiger partial charge in [-0.2, -0.15) is 0 Å². The van der Waals surface area contributed by atoms with Gasteiger partial charge in [0.05, 0.1) is 0 Å². The second-order valence-corrected chi connectivity index (χ2v) is 6.25. The van der Waals surface area contributed by atoms with Gasteiger partial charge in [-0.05, 0) is 37.1 Å². The summed E-state index contributed by atoms with van der Waals surface area (Å²) in [5.74, 6) is -0.293. The van der Waals surface area contributed by atoms with Gasteiger partial charge in [-0.25, -0.2) is 9.18 Å². The van der Waals surface area contributed by atoms with Crippen molar-refractivity contribution in [2.45, 2.75) is 38.1 Å². The van der Waals surface area contributed by atoms with Crippen molar-refractivity contribution in [2.24, 2.45) is 0 Å². The lowest BCUT2D eigenvalue weighted by Gasteiger charge is -2.40. The highest BCUT2D eigenvalue weighted by Crippen LogP contribution is 2.23. The molecule has 2 aliphatic rings. The van der Waals surface area contributed by atoms with E-state index in [1.807, 2.05) is 4.90 Å². The first kappa shape index (κ1) is 15.3. The van der Waals surface area contributed by atoms with Crippen molar-refractivity contribution in [2.75, 3.05) is 31.5 Å². The van der Waals surface area contributed by atoms with E-state index in [9.17, 15) is 9.18 Å². The Bertz CT molecular complexity index is 491. The molecule has 0 bridgehead atoms. The molecule has 0 radical (unpaired) electrons. The zero-order valence-corrected chi connectivity index (χ0v) is 12.9. The summed E-state index contributed by atoms with van der Waals surface area (Å²) in [5.41, 5.74) is 0.640. The van der Waals surface area contributed by atoms with Crippen molar-refractivity contribution in [3.63, 3.8) is 0 Å². The summed E-state index contributed by atoms with van der Waals surface area (Å²) in [6.07, 6.45) is 6.67. The Kier molecular flexibility index (Phi) is 4.93. The van der Waals surface area contributed by atoms with E-state index >= 15 is 0 Å². The number of carbonyl (C=O) groups is 1. The van der Waals surface area contributed by atoms with Crippen molar-refractivity contribution in [3.8, 4) is 0 Å². The number of halogens is 1. The number of urea groups is 1. The molecular formula is C17H24FN3O. The number of piperazine rings is 1. The smallest absolute Gasteiger partial charge is 0.321 e. The average molecular weight is 305 g/mol. The molecule has 0 aromatic heterocycles. The van der Waals surface area contributed by atoms with Gasteiger partial charge >= 0.3 is 6.03 Å². The Morgan fingerprint density at radius 1 is 1.00 bits per heavy atom. The minimum Gasteiger partial charge on any atom is -0.322 e. The van der Waals surface area contributed by atoms with Gasteiger partial charge in [0.25, 0.3) is 0 Å². The molecule has 0 spiro atoms. The summed E-state index contributed by atoms with van der Waals surface area (Å²) < 4.78 is 12.9. The lowest BCUT2D eigenvalue weighted by atomic mass is 9.94. The summed E-state index contributed by atoms with van der Waals surface area (Å²) >= 11 is 0. The number of carbonyl (C=O) groups excluding carboxylic acids is 1. The van der Waals surface area contributed by atoms with E-state index in [0.29, 0.717) is 5.69 Å². The highest BCUT2D eigenvalue weighted by atomic mass is 19.1. The maximum Gasteiger partial charge on any atom is 0.321 e. The highest BCUT2D eigenvalue weighted by molar-refractivity contribution is 5.89. The zero-order chi connectivity index (χ0) is 15.4. The molecule has 1 aliphatic heterocycles. The van der Waals surface area contributed by atoms with Gasteiger partial charge in [0.2, 0.25) is 0 Å². The average Bonchev–Trinajstić information content (AvgIpc) is 2.58. The minimum atomic E-state index is -0.293. The fourth-order valence-electron chi connectivity index (χ4n) is 3.47. The minimum absolute atomic E-state index is 0.0881. The van der Waals surface area contributed by atoms with E-state index in [2.05, 4.69) is 10.2 Å². The lowest BCUT2D eigenvalue weighted by molar-refractivity contribution is 0.0943. The lowest BCUT2D eigenvalue weighted by Crippen LogP contribution is -2.53. The largest absolute Gasteiger partial charge is 0.322 e. The molecule has 1 heterocycles. The SMILES string of the molecule is O=C(Nc1ccc(F)cc1)N1CCN(C2CCCCC2)CC1. The van der Waals surface area contributed by atoms with Crippen LogP contribution in [0.3, 0.4) is 0 Å². The molecule has 1 aromatic rings. The quantitative estimate of drug-likeness (QED) is 0.910. The van der Waals surface area contributed by atoms with Gasteiger partial charge in [0, 0.05) is 37.9 Å². The molecule has 2 fully saturated rings. The fourth-order valence-corrected chi connectivity index (χ4v) is 3.47. The van der Waals surface area contributed by atoms with Gasteiger partial charge in [-0.1, -0.05) is 19.3 Å². The molecule has 1 aromatic carbocycles. The van der Waals surface area contributed by atoms with Crippen LogP contribution in [0.1, 0.15) is 32.1 Å². The first-order chi connectivity index (χ1) is 10.7. The van der Waals surface area contributed by atoms with E-state index in [1.54, 1.807) is 12.1 Å². The van der Waals surface area contributed by atoms with Crippen molar-refractivity contribution >= 4 is 11.7 Å². The van der Waals surface area contributed by atoms with Crippen LogP contribution >= 0.6 is 0 Å². The molecule has 3 rings (SSSR count). The summed E-state index contributed by atoms with van der Waals surface area (Å²) in [6, 6.07) is 6.52. The third-order valence-electron chi connectivity index (χ3n) is 4.79. The number of nitrogens with one attached hydrogen (secondary N) is 1. The predicted octanol–water partition coefficient (Wildman–Crippen LogP) is 3.31. The summed E-state index contributed by atoms with van der Waals surface area (Å²) in [4.78, 5) is 16.6. The number of hydrogen-bond acceptors (Lipinski definition) is 2. The van der Waals surface area contributed by atoms with Crippen LogP contribution in [0.2, 0.25) is 0 Å². The standard InChI is InChI=1S/C17H24FN3O/c18-14-6-8-15(9-7-14)19-17(22)21-12-10-20(11-13-21)16-4-2-1-3-5-16/h6-9,16H,1-5,10-13H2,(H,19,22). The van der Waals surface area contributed by atoms with Gasteiger partial charge in [-0.15, -0.1) is 0 Å². The molecule has 0 unspecified atom stereocenters. The molecule has 22 heavy (non-hydrogen) atoms. The van der Waals surface area contributed by atoms with E-state index in [1.165, 1.54) is 44.2 Å². The van der Waals surface area contributed by atoms with Gasteiger partial charge in [-0.3, -0.25) is 4.90 Å². The van der Waals surface area contributed by atoms with Gasteiger partial charge < -0.3 is 10.2 Å². The predicted molar refractivity (Wildman–Crippen MR) is 85.4 cm³/mol. The van der Waals surface area contributed by atoms with Crippen LogP contribution in [0, 0.1) is 5.82 Å². The van der Waals surface area contributed by atoms with Gasteiger partial charge in [0.15, 0.2) is 0 Å². The first-order valence-corrected chi connectivity index (χ1v) is 8.28. The number of hydrogen-bond donors (Lipinski definition) is 1. The van der Waals surface area contributed by atoms with Crippen LogP contribution in [0.25, 0.3) is 0 Å². The van der Waals surface area contributed by atoms with Crippen molar-refractivity contribution < 1.29 is 9.18 Å². The van der Waals surface area contributed by atoms with E-state index in [-0.39, 0.29) is 11.8 Å². The van der Waals surface area contributed by atoms with Crippen LogP contribution in [-0.4, -0.2) is 48.1 Å². The molecule has 1 saturated heterocycles. The Balaban J connectivity index is 1.48. The number of anilines is 1. The number of nitrogens with zero attached hydrogens (tertiary/aromatic N) is 2. The van der Waals surface area contributed by atoms with Crippen LogP contribution in [0.15, 0.2) is 24.3 Å². The highest BCUT2D eigenvalue weighted by Gasteiger charge is 2.26. The molecule has 0 atom stereocenters. The summed E-state index contributed by atoms with van der Waals surface area (Å²) in [5, 5.41) is 2.84. The Labute approximate surface area is 131 Å².